The molecule has 3 rings (SSSR count). The third kappa shape index (κ3) is 4.06. The van der Waals surface area contributed by atoms with Crippen molar-refractivity contribution in [1.82, 2.24) is 10.2 Å². The number of likely N-dealkylation sites (N-methyl/N-ethyl adjacent to an activating group) is 1. The summed E-state index contributed by atoms with van der Waals surface area (Å²) in [6, 6.07) is 9.47. The lowest BCUT2D eigenvalue weighted by Crippen LogP contribution is -2.38. The van der Waals surface area contributed by atoms with Crippen LogP contribution in [-0.4, -0.2) is 44.2 Å². The van der Waals surface area contributed by atoms with Crippen LogP contribution < -0.4 is 5.32 Å². The molecule has 2 unspecified atom stereocenters. The third-order valence-corrected chi connectivity index (χ3v) is 4.84. The van der Waals surface area contributed by atoms with E-state index in [4.69, 9.17) is 4.74 Å². The molecule has 1 aromatic carbocycles. The number of hydrogen-bond acceptors (Lipinski definition) is 3. The fourth-order valence-corrected chi connectivity index (χ4v) is 3.55. The van der Waals surface area contributed by atoms with Crippen molar-refractivity contribution in [3.05, 3.63) is 35.4 Å². The minimum absolute atomic E-state index is 0.249. The molecule has 1 saturated heterocycles. The van der Waals surface area contributed by atoms with E-state index >= 15 is 0 Å². The third-order valence-electron chi connectivity index (χ3n) is 4.84. The average molecular weight is 288 g/mol. The van der Waals surface area contributed by atoms with Crippen LogP contribution in [0.1, 0.15) is 42.9 Å². The second-order valence-corrected chi connectivity index (χ2v) is 6.51. The van der Waals surface area contributed by atoms with Gasteiger partial charge in [0.05, 0.1) is 12.7 Å². The van der Waals surface area contributed by atoms with Gasteiger partial charge in [-0.2, -0.15) is 0 Å². The van der Waals surface area contributed by atoms with Gasteiger partial charge in [-0.15, -0.1) is 0 Å². The van der Waals surface area contributed by atoms with Crippen LogP contribution in [0.3, 0.4) is 0 Å². The summed E-state index contributed by atoms with van der Waals surface area (Å²) in [5.41, 5.74) is 2.86. The summed E-state index contributed by atoms with van der Waals surface area (Å²) in [5.74, 6) is 0. The minimum Gasteiger partial charge on any atom is -0.372 e. The summed E-state index contributed by atoms with van der Waals surface area (Å²) < 4.78 is 6.01. The van der Waals surface area contributed by atoms with Crippen molar-refractivity contribution >= 4 is 0 Å². The number of nitrogens with zero attached hydrogens (tertiary/aromatic N) is 1. The van der Waals surface area contributed by atoms with Gasteiger partial charge in [0, 0.05) is 12.6 Å². The van der Waals surface area contributed by atoms with Crippen molar-refractivity contribution in [3.8, 4) is 0 Å². The highest BCUT2D eigenvalue weighted by molar-refractivity contribution is 5.31. The van der Waals surface area contributed by atoms with Crippen LogP contribution in [0.15, 0.2) is 24.3 Å². The number of ether oxygens (including phenoxy) is 1. The molecule has 0 aliphatic carbocycles. The van der Waals surface area contributed by atoms with E-state index in [1.807, 2.05) is 0 Å². The zero-order valence-corrected chi connectivity index (χ0v) is 13.2. The molecule has 2 heterocycles. The lowest BCUT2D eigenvalue weighted by molar-refractivity contribution is 0.0203. The van der Waals surface area contributed by atoms with Gasteiger partial charge >= 0.3 is 0 Å². The number of benzene rings is 1. The fraction of sp³-hybridized carbons (Fsp3) is 0.667. The van der Waals surface area contributed by atoms with Gasteiger partial charge in [0.1, 0.15) is 0 Å². The van der Waals surface area contributed by atoms with Crippen molar-refractivity contribution in [2.45, 2.75) is 44.2 Å². The fourth-order valence-electron chi connectivity index (χ4n) is 3.55. The summed E-state index contributed by atoms with van der Waals surface area (Å²) >= 11 is 0. The molecule has 21 heavy (non-hydrogen) atoms. The average Bonchev–Trinajstić information content (AvgIpc) is 2.54. The minimum atomic E-state index is 0.249. The maximum absolute atomic E-state index is 6.01. The molecule has 116 valence electrons. The van der Waals surface area contributed by atoms with Gasteiger partial charge in [-0.25, -0.2) is 0 Å². The molecule has 1 aromatic rings. The summed E-state index contributed by atoms with van der Waals surface area (Å²) in [7, 11) is 2.23. The molecule has 0 saturated carbocycles. The highest BCUT2D eigenvalue weighted by atomic mass is 16.5. The van der Waals surface area contributed by atoms with E-state index < -0.39 is 0 Å². The number of hydrogen-bond donors (Lipinski definition) is 1. The summed E-state index contributed by atoms with van der Waals surface area (Å²) in [4.78, 5) is 2.43. The van der Waals surface area contributed by atoms with Crippen LogP contribution >= 0.6 is 0 Å². The van der Waals surface area contributed by atoms with Crippen molar-refractivity contribution in [3.63, 3.8) is 0 Å². The Hall–Kier alpha value is -0.900. The highest BCUT2D eigenvalue weighted by Crippen LogP contribution is 2.27. The molecule has 1 fully saturated rings. The number of fused-ring (bicyclic) bond motifs is 1. The predicted molar refractivity (Wildman–Crippen MR) is 86.6 cm³/mol. The molecule has 0 amide bonds. The molecule has 1 N–H and O–H groups in total. The van der Waals surface area contributed by atoms with Crippen LogP contribution in [0.2, 0.25) is 0 Å². The highest BCUT2D eigenvalue weighted by Gasteiger charge is 2.22. The quantitative estimate of drug-likeness (QED) is 0.901. The topological polar surface area (TPSA) is 24.5 Å². The van der Waals surface area contributed by atoms with Crippen LogP contribution in [-0.2, 0) is 11.2 Å². The predicted octanol–water partition coefficient (Wildman–Crippen LogP) is 2.76. The summed E-state index contributed by atoms with van der Waals surface area (Å²) in [6.07, 6.45) is 6.64. The smallest absolute Gasteiger partial charge is 0.0954 e. The van der Waals surface area contributed by atoms with Gasteiger partial charge < -0.3 is 15.0 Å². The van der Waals surface area contributed by atoms with Crippen LogP contribution in [0.5, 0.6) is 0 Å². The first-order chi connectivity index (χ1) is 10.3. The Morgan fingerprint density at radius 1 is 1.29 bits per heavy atom. The molecule has 2 aliphatic heterocycles. The van der Waals surface area contributed by atoms with Crippen molar-refractivity contribution in [2.24, 2.45) is 0 Å². The second kappa shape index (κ2) is 7.39. The Morgan fingerprint density at radius 3 is 3.05 bits per heavy atom. The number of rotatable bonds is 5. The standard InChI is InChI=1S/C18H28N2O/c1-20(12-9-16-7-4-5-11-19-16)14-18-17-8-3-2-6-15(17)10-13-21-18/h2-3,6,8,16,18-19H,4-5,7,9-14H2,1H3. The molecule has 0 radical (unpaired) electrons. The molecule has 3 heteroatoms. The Kier molecular flexibility index (Phi) is 5.28. The SMILES string of the molecule is CN(CCC1CCCCN1)CC1OCCc2ccccc21. The maximum atomic E-state index is 6.01. The van der Waals surface area contributed by atoms with Gasteiger partial charge in [-0.3, -0.25) is 0 Å². The first-order valence-electron chi connectivity index (χ1n) is 8.44. The molecule has 2 aliphatic rings. The lowest BCUT2D eigenvalue weighted by atomic mass is 9.97. The van der Waals surface area contributed by atoms with Gasteiger partial charge in [-0.1, -0.05) is 30.7 Å². The van der Waals surface area contributed by atoms with Crippen LogP contribution in [0.4, 0.5) is 0 Å². The number of piperidine rings is 1. The van der Waals surface area contributed by atoms with E-state index in [9.17, 15) is 0 Å². The Bertz CT molecular complexity index is 443. The van der Waals surface area contributed by atoms with Gasteiger partial charge in [0.2, 0.25) is 0 Å². The molecule has 0 spiro atoms. The molecule has 3 nitrogen and oxygen atoms in total. The van der Waals surface area contributed by atoms with E-state index in [2.05, 4.69) is 41.5 Å². The summed E-state index contributed by atoms with van der Waals surface area (Å²) in [5, 5.41) is 3.64. The normalized spacial score (nSPS) is 25.8. The van der Waals surface area contributed by atoms with E-state index in [1.165, 1.54) is 43.4 Å². The first kappa shape index (κ1) is 15.0. The number of nitrogens with one attached hydrogen (secondary N) is 1. The summed E-state index contributed by atoms with van der Waals surface area (Å²) in [6.45, 7) is 4.22. The second-order valence-electron chi connectivity index (χ2n) is 6.51. The van der Waals surface area contributed by atoms with E-state index in [0.29, 0.717) is 0 Å². The Labute approximate surface area is 128 Å². The van der Waals surface area contributed by atoms with Crippen LogP contribution in [0, 0.1) is 0 Å². The molecule has 0 aromatic heterocycles. The van der Waals surface area contributed by atoms with Gasteiger partial charge in [-0.05, 0) is 56.9 Å². The van der Waals surface area contributed by atoms with Gasteiger partial charge in [0.15, 0.2) is 0 Å². The molecular weight excluding hydrogens is 260 g/mol. The van der Waals surface area contributed by atoms with Crippen LogP contribution in [0.25, 0.3) is 0 Å². The zero-order chi connectivity index (χ0) is 14.5. The molecule has 0 bridgehead atoms. The largest absolute Gasteiger partial charge is 0.372 e. The lowest BCUT2D eigenvalue weighted by Gasteiger charge is -2.31. The van der Waals surface area contributed by atoms with Gasteiger partial charge in [0.25, 0.3) is 0 Å². The van der Waals surface area contributed by atoms with E-state index in [-0.39, 0.29) is 6.10 Å². The Morgan fingerprint density at radius 2 is 2.19 bits per heavy atom. The monoisotopic (exact) mass is 288 g/mol. The van der Waals surface area contributed by atoms with Crippen molar-refractivity contribution in [1.29, 1.82) is 0 Å². The zero-order valence-electron chi connectivity index (χ0n) is 13.2. The Balaban J connectivity index is 1.49. The van der Waals surface area contributed by atoms with E-state index in [0.717, 1.165) is 32.2 Å². The molecular formula is C18H28N2O. The molecule has 2 atom stereocenters. The first-order valence-corrected chi connectivity index (χ1v) is 8.44. The van der Waals surface area contributed by atoms with Crippen molar-refractivity contribution < 1.29 is 4.74 Å². The van der Waals surface area contributed by atoms with Crippen molar-refractivity contribution in [2.75, 3.05) is 33.3 Å². The van der Waals surface area contributed by atoms with E-state index in [1.54, 1.807) is 0 Å². The maximum Gasteiger partial charge on any atom is 0.0954 e.